The van der Waals surface area contributed by atoms with Gasteiger partial charge >= 0.3 is 6.36 Å². The molecule has 3 rings (SSSR count). The molecule has 1 aliphatic rings. The molecule has 0 bridgehead atoms. The minimum Gasteiger partial charge on any atom is -0.406 e. The molecule has 0 spiro atoms. The summed E-state index contributed by atoms with van der Waals surface area (Å²) in [5, 5.41) is 3.90. The van der Waals surface area contributed by atoms with Crippen molar-refractivity contribution in [2.24, 2.45) is 0 Å². The van der Waals surface area contributed by atoms with Gasteiger partial charge in [-0.25, -0.2) is 8.42 Å². The molecule has 1 saturated heterocycles. The summed E-state index contributed by atoms with van der Waals surface area (Å²) >= 11 is 0.948. The second-order valence-corrected chi connectivity index (χ2v) is 8.58. The summed E-state index contributed by atoms with van der Waals surface area (Å²) in [5.74, 6) is -1.21. The normalized spacial score (nSPS) is 15.7. The quantitative estimate of drug-likeness (QED) is 0.801. The van der Waals surface area contributed by atoms with Crippen LogP contribution in [0.3, 0.4) is 0 Å². The van der Waals surface area contributed by atoms with Crippen molar-refractivity contribution in [3.05, 3.63) is 40.6 Å². The lowest BCUT2D eigenvalue weighted by atomic mass is 10.3. The van der Waals surface area contributed by atoms with Crippen LogP contribution in [0.4, 0.5) is 18.9 Å². The van der Waals surface area contributed by atoms with Crippen molar-refractivity contribution in [1.29, 1.82) is 0 Å². The summed E-state index contributed by atoms with van der Waals surface area (Å²) in [6.45, 7) is 0.798. The Morgan fingerprint density at radius 1 is 1.19 bits per heavy atom. The number of sulfonamides is 1. The SMILES string of the molecule is O=C(Nc1cccc(OC(F)(F)F)c1)c1sccc1S(=O)(=O)N1CCCC1. The largest absolute Gasteiger partial charge is 0.573 e. The van der Waals surface area contributed by atoms with E-state index in [-0.39, 0.29) is 15.5 Å². The number of nitrogens with zero attached hydrogens (tertiary/aromatic N) is 1. The zero-order valence-electron chi connectivity index (χ0n) is 13.8. The molecular formula is C16H15F3N2O4S2. The predicted octanol–water partition coefficient (Wildman–Crippen LogP) is 3.68. The lowest BCUT2D eigenvalue weighted by Crippen LogP contribution is -2.29. The molecule has 1 N–H and O–H groups in total. The van der Waals surface area contributed by atoms with E-state index >= 15 is 0 Å². The Labute approximate surface area is 157 Å². The molecule has 1 aromatic carbocycles. The number of amides is 1. The van der Waals surface area contributed by atoms with E-state index in [9.17, 15) is 26.4 Å². The van der Waals surface area contributed by atoms with E-state index in [0.717, 1.165) is 36.3 Å². The van der Waals surface area contributed by atoms with Crippen LogP contribution in [0.25, 0.3) is 0 Å². The molecule has 1 amide bonds. The van der Waals surface area contributed by atoms with Crippen molar-refractivity contribution >= 4 is 33.0 Å². The number of benzene rings is 1. The van der Waals surface area contributed by atoms with Crippen molar-refractivity contribution in [2.45, 2.75) is 24.1 Å². The Bertz CT molecular complexity index is 935. The topological polar surface area (TPSA) is 75.7 Å². The Morgan fingerprint density at radius 3 is 2.56 bits per heavy atom. The lowest BCUT2D eigenvalue weighted by Gasteiger charge is -2.15. The van der Waals surface area contributed by atoms with E-state index in [1.54, 1.807) is 0 Å². The van der Waals surface area contributed by atoms with Crippen LogP contribution < -0.4 is 10.1 Å². The number of rotatable bonds is 5. The number of ether oxygens (including phenoxy) is 1. The fourth-order valence-corrected chi connectivity index (χ4v) is 5.51. The van der Waals surface area contributed by atoms with Crippen LogP contribution in [0, 0.1) is 0 Å². The third kappa shape index (κ3) is 4.60. The highest BCUT2D eigenvalue weighted by Gasteiger charge is 2.32. The van der Waals surface area contributed by atoms with E-state index < -0.39 is 28.0 Å². The van der Waals surface area contributed by atoms with Gasteiger partial charge in [-0.15, -0.1) is 24.5 Å². The van der Waals surface area contributed by atoms with Crippen LogP contribution in [0.15, 0.2) is 40.6 Å². The number of carbonyl (C=O) groups is 1. The molecule has 27 heavy (non-hydrogen) atoms. The zero-order valence-corrected chi connectivity index (χ0v) is 15.5. The van der Waals surface area contributed by atoms with Gasteiger partial charge in [-0.2, -0.15) is 4.31 Å². The van der Waals surface area contributed by atoms with Gasteiger partial charge in [-0.3, -0.25) is 4.79 Å². The number of hydrogen-bond acceptors (Lipinski definition) is 5. The first-order valence-corrected chi connectivity index (χ1v) is 10.2. The molecule has 0 radical (unpaired) electrons. The molecule has 0 saturated carbocycles. The highest BCUT2D eigenvalue weighted by molar-refractivity contribution is 7.89. The summed E-state index contributed by atoms with van der Waals surface area (Å²) in [7, 11) is -3.79. The Hall–Kier alpha value is -2.11. The van der Waals surface area contributed by atoms with Crippen molar-refractivity contribution in [1.82, 2.24) is 4.31 Å². The highest BCUT2D eigenvalue weighted by atomic mass is 32.2. The highest BCUT2D eigenvalue weighted by Crippen LogP contribution is 2.29. The smallest absolute Gasteiger partial charge is 0.406 e. The van der Waals surface area contributed by atoms with Crippen LogP contribution in [0.2, 0.25) is 0 Å². The molecule has 6 nitrogen and oxygen atoms in total. The Kier molecular flexibility index (Phi) is 5.45. The van der Waals surface area contributed by atoms with Crippen molar-refractivity contribution < 1.29 is 31.1 Å². The Morgan fingerprint density at radius 2 is 1.89 bits per heavy atom. The molecule has 1 aliphatic heterocycles. The third-order valence-electron chi connectivity index (χ3n) is 3.84. The first-order chi connectivity index (χ1) is 12.7. The van der Waals surface area contributed by atoms with Gasteiger partial charge in [0.1, 0.15) is 15.5 Å². The van der Waals surface area contributed by atoms with Crippen LogP contribution in [-0.2, 0) is 10.0 Å². The van der Waals surface area contributed by atoms with Gasteiger partial charge in [-0.1, -0.05) is 6.07 Å². The van der Waals surface area contributed by atoms with Crippen molar-refractivity contribution in [3.63, 3.8) is 0 Å². The Balaban J connectivity index is 1.80. The number of thiophene rings is 1. The van der Waals surface area contributed by atoms with Gasteiger partial charge in [0.05, 0.1) is 0 Å². The van der Waals surface area contributed by atoms with Crippen LogP contribution in [0.1, 0.15) is 22.5 Å². The van der Waals surface area contributed by atoms with Crippen LogP contribution >= 0.6 is 11.3 Å². The molecule has 0 atom stereocenters. The molecule has 1 aromatic heterocycles. The number of anilines is 1. The average Bonchev–Trinajstić information content (AvgIpc) is 3.26. The van der Waals surface area contributed by atoms with Gasteiger partial charge in [0, 0.05) is 24.8 Å². The van der Waals surface area contributed by atoms with E-state index in [4.69, 9.17) is 0 Å². The summed E-state index contributed by atoms with van der Waals surface area (Å²) in [5.41, 5.74) is 0.0553. The van der Waals surface area contributed by atoms with Gasteiger partial charge in [0.2, 0.25) is 10.0 Å². The summed E-state index contributed by atoms with van der Waals surface area (Å²) in [4.78, 5) is 12.4. The predicted molar refractivity (Wildman–Crippen MR) is 93.4 cm³/mol. The molecule has 2 heterocycles. The van der Waals surface area contributed by atoms with E-state index in [1.807, 2.05) is 0 Å². The summed E-state index contributed by atoms with van der Waals surface area (Å²) < 4.78 is 67.5. The van der Waals surface area contributed by atoms with Gasteiger partial charge in [0.25, 0.3) is 5.91 Å². The summed E-state index contributed by atoms with van der Waals surface area (Å²) in [6, 6.07) is 6.12. The standard InChI is InChI=1S/C16H15F3N2O4S2/c17-16(18,19)25-12-5-3-4-11(10-12)20-15(22)14-13(6-9-26-14)27(23,24)21-7-1-2-8-21/h3-6,9-10H,1-2,7-8H2,(H,20,22). The second-order valence-electron chi connectivity index (χ2n) is 5.75. The maximum absolute atomic E-state index is 12.7. The maximum atomic E-state index is 12.7. The van der Waals surface area contributed by atoms with Crippen molar-refractivity contribution in [3.8, 4) is 5.75 Å². The number of nitrogens with one attached hydrogen (secondary N) is 1. The molecule has 2 aromatic rings. The molecule has 11 heteroatoms. The van der Waals surface area contributed by atoms with E-state index in [0.29, 0.717) is 13.1 Å². The van der Waals surface area contributed by atoms with Crippen LogP contribution in [-0.4, -0.2) is 38.1 Å². The number of halogens is 3. The first-order valence-electron chi connectivity index (χ1n) is 7.92. The van der Waals surface area contributed by atoms with E-state index in [2.05, 4.69) is 10.1 Å². The van der Waals surface area contributed by atoms with E-state index in [1.165, 1.54) is 27.9 Å². The molecule has 1 fully saturated rings. The third-order valence-corrected chi connectivity index (χ3v) is 6.83. The maximum Gasteiger partial charge on any atom is 0.573 e. The van der Waals surface area contributed by atoms with Crippen LogP contribution in [0.5, 0.6) is 5.75 Å². The lowest BCUT2D eigenvalue weighted by molar-refractivity contribution is -0.274. The molecular weight excluding hydrogens is 405 g/mol. The number of carbonyl (C=O) groups excluding carboxylic acids is 1. The fourth-order valence-electron chi connectivity index (χ4n) is 2.69. The average molecular weight is 420 g/mol. The summed E-state index contributed by atoms with van der Waals surface area (Å²) in [6.07, 6.45) is -3.33. The fraction of sp³-hybridized carbons (Fsp3) is 0.312. The van der Waals surface area contributed by atoms with Crippen molar-refractivity contribution in [2.75, 3.05) is 18.4 Å². The zero-order chi connectivity index (χ0) is 19.7. The van der Waals surface area contributed by atoms with Gasteiger partial charge in [0.15, 0.2) is 0 Å². The molecule has 0 unspecified atom stereocenters. The molecule has 0 aliphatic carbocycles. The van der Waals surface area contributed by atoms with Gasteiger partial charge < -0.3 is 10.1 Å². The number of alkyl halides is 3. The minimum absolute atomic E-state index is 0.0240. The minimum atomic E-state index is -4.85. The monoisotopic (exact) mass is 420 g/mol. The second kappa shape index (κ2) is 7.49. The number of hydrogen-bond donors (Lipinski definition) is 1. The molecule has 146 valence electrons. The first kappa shape index (κ1) is 19.6. The van der Waals surface area contributed by atoms with Gasteiger partial charge in [-0.05, 0) is 36.4 Å².